The zero-order valence-electron chi connectivity index (χ0n) is 14.6. The molecule has 9 heteroatoms. The summed E-state index contributed by atoms with van der Waals surface area (Å²) in [6.07, 6.45) is 3.95. The molecule has 0 spiro atoms. The first-order valence-electron chi connectivity index (χ1n) is 8.53. The third-order valence-electron chi connectivity index (χ3n) is 4.81. The molecule has 1 aromatic carbocycles. The highest BCUT2D eigenvalue weighted by Crippen LogP contribution is 2.29. The van der Waals surface area contributed by atoms with Gasteiger partial charge in [0, 0.05) is 19.1 Å². The Balaban J connectivity index is 0.00000243. The maximum Gasteiger partial charge on any atom is 0.339 e. The number of piperidine rings is 1. The first kappa shape index (κ1) is 21.1. The van der Waals surface area contributed by atoms with Gasteiger partial charge in [0.2, 0.25) is 10.0 Å². The number of ether oxygens (including phenoxy) is 1. The molecule has 2 aliphatic rings. The Morgan fingerprint density at radius 3 is 2.50 bits per heavy atom. The number of carbonyl (C=O) groups is 1. The quantitative estimate of drug-likeness (QED) is 0.733. The highest BCUT2D eigenvalue weighted by atomic mass is 35.5. The number of carbonyl (C=O) groups excluding carboxylic acids is 1. The van der Waals surface area contributed by atoms with Crippen molar-refractivity contribution in [2.24, 2.45) is 5.92 Å². The lowest BCUT2D eigenvalue weighted by Crippen LogP contribution is -2.45. The van der Waals surface area contributed by atoms with Crippen LogP contribution >= 0.6 is 12.4 Å². The Labute approximate surface area is 159 Å². The van der Waals surface area contributed by atoms with Crippen LogP contribution in [0.1, 0.15) is 36.0 Å². The third kappa shape index (κ3) is 4.73. The van der Waals surface area contributed by atoms with Gasteiger partial charge in [-0.2, -0.15) is 4.31 Å². The molecule has 0 atom stereocenters. The second-order valence-corrected chi connectivity index (χ2v) is 8.57. The van der Waals surface area contributed by atoms with Crippen molar-refractivity contribution in [3.8, 4) is 0 Å². The fourth-order valence-corrected chi connectivity index (χ4v) is 4.74. The lowest BCUT2D eigenvalue weighted by molar-refractivity contribution is 0.0596. The summed E-state index contributed by atoms with van der Waals surface area (Å²) in [5.41, 5.74) is -0.141. The van der Waals surface area contributed by atoms with Gasteiger partial charge in [0.15, 0.2) is 0 Å². The number of hydrogen-bond acceptors (Lipinski definition) is 5. The van der Waals surface area contributed by atoms with Crippen LogP contribution in [0.25, 0.3) is 0 Å². The van der Waals surface area contributed by atoms with Crippen molar-refractivity contribution in [2.45, 2.75) is 36.6 Å². The lowest BCUT2D eigenvalue weighted by atomic mass is 10.1. The van der Waals surface area contributed by atoms with E-state index in [9.17, 15) is 17.6 Å². The van der Waals surface area contributed by atoms with Crippen LogP contribution in [0.3, 0.4) is 0 Å². The molecule has 6 nitrogen and oxygen atoms in total. The van der Waals surface area contributed by atoms with E-state index in [1.54, 1.807) is 0 Å². The van der Waals surface area contributed by atoms with E-state index in [0.29, 0.717) is 32.0 Å². The van der Waals surface area contributed by atoms with Gasteiger partial charge >= 0.3 is 5.97 Å². The zero-order chi connectivity index (χ0) is 18.0. The summed E-state index contributed by atoms with van der Waals surface area (Å²) >= 11 is 0. The van der Waals surface area contributed by atoms with Gasteiger partial charge in [-0.1, -0.05) is 0 Å². The molecular formula is C17H24ClFN2O4S. The highest BCUT2D eigenvalue weighted by molar-refractivity contribution is 7.89. The normalized spacial score (nSPS) is 19.0. The maximum absolute atomic E-state index is 13.6. The largest absolute Gasteiger partial charge is 0.465 e. The molecule has 26 heavy (non-hydrogen) atoms. The van der Waals surface area contributed by atoms with Crippen LogP contribution in [-0.4, -0.2) is 51.5 Å². The van der Waals surface area contributed by atoms with E-state index in [0.717, 1.165) is 30.7 Å². The van der Waals surface area contributed by atoms with Crippen molar-refractivity contribution in [3.63, 3.8) is 0 Å². The molecule has 0 unspecified atom stereocenters. The lowest BCUT2D eigenvalue weighted by Gasteiger charge is -2.32. The second kappa shape index (κ2) is 8.65. The standard InChI is InChI=1S/C17H23FN2O4S.ClH/c1-24-17(21)15-5-4-13(18)10-16(15)25(22,23)20-8-6-14(7-9-20)19-11-12-2-3-12;/h4-5,10,12,14,19H,2-3,6-9,11H2,1H3;1H. The summed E-state index contributed by atoms with van der Waals surface area (Å²) in [5, 5.41) is 3.49. The molecule has 0 bridgehead atoms. The molecule has 1 aliphatic heterocycles. The van der Waals surface area contributed by atoms with Crippen LogP contribution in [0.5, 0.6) is 0 Å². The van der Waals surface area contributed by atoms with Gasteiger partial charge in [-0.3, -0.25) is 0 Å². The van der Waals surface area contributed by atoms with Gasteiger partial charge in [-0.25, -0.2) is 17.6 Å². The van der Waals surface area contributed by atoms with Crippen LogP contribution in [0.2, 0.25) is 0 Å². The number of esters is 1. The number of hydrogen-bond donors (Lipinski definition) is 1. The number of sulfonamides is 1. The molecule has 0 amide bonds. The van der Waals surface area contributed by atoms with Crippen molar-refractivity contribution in [2.75, 3.05) is 26.7 Å². The smallest absolute Gasteiger partial charge is 0.339 e. The Bertz CT molecular complexity index is 747. The molecule has 1 aromatic rings. The number of rotatable bonds is 6. The monoisotopic (exact) mass is 406 g/mol. The predicted molar refractivity (Wildman–Crippen MR) is 97.5 cm³/mol. The average Bonchev–Trinajstić information content (AvgIpc) is 3.44. The van der Waals surface area contributed by atoms with Crippen LogP contribution in [0.4, 0.5) is 4.39 Å². The molecule has 1 heterocycles. The minimum Gasteiger partial charge on any atom is -0.465 e. The van der Waals surface area contributed by atoms with E-state index < -0.39 is 21.8 Å². The minimum atomic E-state index is -3.95. The average molecular weight is 407 g/mol. The highest BCUT2D eigenvalue weighted by Gasteiger charge is 2.33. The van der Waals surface area contributed by atoms with Crippen LogP contribution in [-0.2, 0) is 14.8 Å². The minimum absolute atomic E-state index is 0. The van der Waals surface area contributed by atoms with E-state index in [4.69, 9.17) is 0 Å². The van der Waals surface area contributed by atoms with Gasteiger partial charge in [0.25, 0.3) is 0 Å². The van der Waals surface area contributed by atoms with E-state index >= 15 is 0 Å². The van der Waals surface area contributed by atoms with Gasteiger partial charge in [-0.05, 0) is 56.3 Å². The van der Waals surface area contributed by atoms with E-state index in [1.807, 2.05) is 0 Å². The molecule has 0 radical (unpaired) electrons. The van der Waals surface area contributed by atoms with E-state index in [-0.39, 0.29) is 22.9 Å². The number of methoxy groups -OCH3 is 1. The second-order valence-electron chi connectivity index (χ2n) is 6.66. The Kier molecular flexibility index (Phi) is 7.01. The summed E-state index contributed by atoms with van der Waals surface area (Å²) in [5.74, 6) is -0.719. The molecule has 1 saturated heterocycles. The van der Waals surface area contributed by atoms with Crippen molar-refractivity contribution in [3.05, 3.63) is 29.6 Å². The summed E-state index contributed by atoms with van der Waals surface area (Å²) in [4.78, 5) is 11.5. The molecule has 1 N–H and O–H groups in total. The zero-order valence-corrected chi connectivity index (χ0v) is 16.2. The van der Waals surface area contributed by atoms with Crippen molar-refractivity contribution >= 4 is 28.4 Å². The molecule has 3 rings (SSSR count). The summed E-state index contributed by atoms with van der Waals surface area (Å²) in [7, 11) is -2.78. The first-order valence-corrected chi connectivity index (χ1v) is 9.97. The van der Waals surface area contributed by atoms with Crippen LogP contribution < -0.4 is 5.32 Å². The predicted octanol–water partition coefficient (Wildman–Crippen LogP) is 2.19. The Hall–Kier alpha value is -1.22. The Morgan fingerprint density at radius 1 is 1.27 bits per heavy atom. The molecule has 146 valence electrons. The molecule has 2 fully saturated rings. The first-order chi connectivity index (χ1) is 11.9. The fourth-order valence-electron chi connectivity index (χ4n) is 3.08. The van der Waals surface area contributed by atoms with Crippen LogP contribution in [0, 0.1) is 11.7 Å². The third-order valence-corrected chi connectivity index (χ3v) is 6.75. The number of nitrogens with one attached hydrogen (secondary N) is 1. The van der Waals surface area contributed by atoms with Gasteiger partial charge in [0.1, 0.15) is 5.82 Å². The van der Waals surface area contributed by atoms with Crippen molar-refractivity contribution in [1.29, 1.82) is 0 Å². The fraction of sp³-hybridized carbons (Fsp3) is 0.588. The summed E-state index contributed by atoms with van der Waals surface area (Å²) in [6.45, 7) is 1.69. The molecule has 0 aromatic heterocycles. The number of benzene rings is 1. The SMILES string of the molecule is COC(=O)c1ccc(F)cc1S(=O)(=O)N1CCC(NCC2CC2)CC1.Cl. The summed E-state index contributed by atoms with van der Waals surface area (Å²) < 4.78 is 45.3. The van der Waals surface area contributed by atoms with Crippen LogP contribution in [0.15, 0.2) is 23.1 Å². The topological polar surface area (TPSA) is 75.7 Å². The van der Waals surface area contributed by atoms with Gasteiger partial charge in [-0.15, -0.1) is 12.4 Å². The van der Waals surface area contributed by atoms with E-state index in [2.05, 4.69) is 10.1 Å². The maximum atomic E-state index is 13.6. The van der Waals surface area contributed by atoms with Crippen molar-refractivity contribution < 1.29 is 22.3 Å². The Morgan fingerprint density at radius 2 is 1.92 bits per heavy atom. The molecular weight excluding hydrogens is 383 g/mol. The van der Waals surface area contributed by atoms with Gasteiger partial charge in [0.05, 0.1) is 17.6 Å². The number of nitrogens with zero attached hydrogens (tertiary/aromatic N) is 1. The van der Waals surface area contributed by atoms with E-state index in [1.165, 1.54) is 24.3 Å². The molecule has 1 aliphatic carbocycles. The molecule has 1 saturated carbocycles. The van der Waals surface area contributed by atoms with Crippen molar-refractivity contribution in [1.82, 2.24) is 9.62 Å². The summed E-state index contributed by atoms with van der Waals surface area (Å²) in [6, 6.07) is 3.40. The van der Waals surface area contributed by atoms with Gasteiger partial charge < -0.3 is 10.1 Å². The number of halogens is 2.